The summed E-state index contributed by atoms with van der Waals surface area (Å²) in [7, 11) is 0. The topological polar surface area (TPSA) is 107 Å². The number of hydrogen-bond donors (Lipinski definition) is 3. The standard InChI is InChI=1S/C17H25N5O3/c1-10-13(11(2)20-17(25)19-10)5-6-15(23)22-8-7-18-9-14(22)16(24)21-12-3-4-12/h12,14,18H,3-9H2,1-2H3,(H,21,24)(H,19,20,25)/t14-/m1/s1. The Morgan fingerprint density at radius 1 is 1.32 bits per heavy atom. The number of aromatic amines is 1. The van der Waals surface area contributed by atoms with Gasteiger partial charge in [-0.2, -0.15) is 4.98 Å². The SMILES string of the molecule is Cc1nc(=O)[nH]c(C)c1CCC(=O)N1CCNC[C@@H]1C(=O)NC1CC1. The zero-order chi connectivity index (χ0) is 18.0. The first-order chi connectivity index (χ1) is 12.0. The number of nitrogens with zero attached hydrogens (tertiary/aromatic N) is 2. The number of piperazine rings is 1. The molecule has 2 amide bonds. The Morgan fingerprint density at radius 3 is 2.76 bits per heavy atom. The Hall–Kier alpha value is -2.22. The van der Waals surface area contributed by atoms with Crippen LogP contribution in [0.25, 0.3) is 0 Å². The maximum atomic E-state index is 12.7. The minimum atomic E-state index is -0.447. The van der Waals surface area contributed by atoms with Crippen LogP contribution in [0.4, 0.5) is 0 Å². The molecule has 136 valence electrons. The molecule has 3 N–H and O–H groups in total. The second-order valence-electron chi connectivity index (χ2n) is 6.82. The van der Waals surface area contributed by atoms with E-state index >= 15 is 0 Å². The molecule has 1 aliphatic carbocycles. The number of aryl methyl sites for hydroxylation is 2. The van der Waals surface area contributed by atoms with Gasteiger partial charge in [0.2, 0.25) is 11.8 Å². The van der Waals surface area contributed by atoms with Crippen molar-refractivity contribution in [1.29, 1.82) is 0 Å². The quantitative estimate of drug-likeness (QED) is 0.659. The molecule has 1 aliphatic heterocycles. The van der Waals surface area contributed by atoms with Crippen molar-refractivity contribution >= 4 is 11.8 Å². The van der Waals surface area contributed by atoms with E-state index in [1.54, 1.807) is 11.8 Å². The lowest BCUT2D eigenvalue weighted by atomic mass is 10.0. The summed E-state index contributed by atoms with van der Waals surface area (Å²) in [5, 5.41) is 6.17. The smallest absolute Gasteiger partial charge is 0.345 e. The van der Waals surface area contributed by atoms with Crippen LogP contribution in [0.1, 0.15) is 36.2 Å². The monoisotopic (exact) mass is 347 g/mol. The first-order valence-corrected chi connectivity index (χ1v) is 8.82. The van der Waals surface area contributed by atoms with Crippen LogP contribution in [-0.4, -0.2) is 58.4 Å². The van der Waals surface area contributed by atoms with Crippen molar-refractivity contribution < 1.29 is 9.59 Å². The lowest BCUT2D eigenvalue weighted by Gasteiger charge is -2.35. The van der Waals surface area contributed by atoms with E-state index in [4.69, 9.17) is 0 Å². The van der Waals surface area contributed by atoms with Crippen LogP contribution in [0.3, 0.4) is 0 Å². The minimum Gasteiger partial charge on any atom is -0.352 e. The van der Waals surface area contributed by atoms with Crippen LogP contribution in [0.5, 0.6) is 0 Å². The summed E-state index contributed by atoms with van der Waals surface area (Å²) >= 11 is 0. The van der Waals surface area contributed by atoms with E-state index in [2.05, 4.69) is 20.6 Å². The summed E-state index contributed by atoms with van der Waals surface area (Å²) in [6, 6.07) is -0.165. The Kier molecular flexibility index (Phi) is 5.17. The van der Waals surface area contributed by atoms with Crippen LogP contribution in [0, 0.1) is 13.8 Å². The van der Waals surface area contributed by atoms with Crippen LogP contribution in [0.15, 0.2) is 4.79 Å². The Morgan fingerprint density at radius 2 is 2.08 bits per heavy atom. The fourth-order valence-electron chi connectivity index (χ4n) is 3.26. The average Bonchev–Trinajstić information content (AvgIpc) is 3.37. The highest BCUT2D eigenvalue weighted by Crippen LogP contribution is 2.19. The molecule has 1 aromatic rings. The first-order valence-electron chi connectivity index (χ1n) is 8.82. The van der Waals surface area contributed by atoms with Crippen LogP contribution in [0.2, 0.25) is 0 Å². The van der Waals surface area contributed by atoms with E-state index in [1.165, 1.54) is 0 Å². The van der Waals surface area contributed by atoms with Gasteiger partial charge in [-0.1, -0.05) is 0 Å². The van der Waals surface area contributed by atoms with E-state index in [1.807, 2.05) is 6.92 Å². The van der Waals surface area contributed by atoms with E-state index in [0.29, 0.717) is 38.2 Å². The highest BCUT2D eigenvalue weighted by molar-refractivity contribution is 5.88. The molecule has 3 rings (SSSR count). The largest absolute Gasteiger partial charge is 0.352 e. The molecular formula is C17H25N5O3. The van der Waals surface area contributed by atoms with Crippen LogP contribution >= 0.6 is 0 Å². The molecule has 1 saturated carbocycles. The van der Waals surface area contributed by atoms with Gasteiger partial charge >= 0.3 is 5.69 Å². The van der Waals surface area contributed by atoms with Gasteiger partial charge in [0.15, 0.2) is 0 Å². The fraction of sp³-hybridized carbons (Fsp3) is 0.647. The number of rotatable bonds is 5. The molecule has 0 spiro atoms. The zero-order valence-corrected chi connectivity index (χ0v) is 14.7. The van der Waals surface area contributed by atoms with E-state index in [9.17, 15) is 14.4 Å². The summed E-state index contributed by atoms with van der Waals surface area (Å²) in [5.41, 5.74) is 1.91. The molecule has 0 unspecified atom stereocenters. The van der Waals surface area contributed by atoms with Crippen molar-refractivity contribution in [3.63, 3.8) is 0 Å². The van der Waals surface area contributed by atoms with Gasteiger partial charge in [-0.05, 0) is 38.7 Å². The van der Waals surface area contributed by atoms with Crippen molar-refractivity contribution in [2.45, 2.75) is 51.6 Å². The molecule has 0 bridgehead atoms. The van der Waals surface area contributed by atoms with E-state index in [-0.39, 0.29) is 23.5 Å². The Balaban J connectivity index is 1.64. The summed E-state index contributed by atoms with van der Waals surface area (Å²) in [6.07, 6.45) is 2.85. The summed E-state index contributed by atoms with van der Waals surface area (Å²) in [6.45, 7) is 5.30. The molecule has 1 aromatic heterocycles. The lowest BCUT2D eigenvalue weighted by molar-refractivity contribution is -0.141. The number of nitrogens with one attached hydrogen (secondary N) is 3. The summed E-state index contributed by atoms with van der Waals surface area (Å²) in [5.74, 6) is -0.108. The maximum Gasteiger partial charge on any atom is 0.345 e. The first kappa shape index (κ1) is 17.6. The lowest BCUT2D eigenvalue weighted by Crippen LogP contribution is -2.59. The Bertz CT molecular complexity index is 699. The molecule has 8 heteroatoms. The molecule has 1 atom stereocenters. The zero-order valence-electron chi connectivity index (χ0n) is 14.7. The van der Waals surface area contributed by atoms with Crippen molar-refractivity contribution in [3.8, 4) is 0 Å². The van der Waals surface area contributed by atoms with Gasteiger partial charge in [0, 0.05) is 43.5 Å². The molecule has 8 nitrogen and oxygen atoms in total. The third-order valence-corrected chi connectivity index (χ3v) is 4.83. The third-order valence-electron chi connectivity index (χ3n) is 4.83. The van der Waals surface area contributed by atoms with Gasteiger partial charge in [0.05, 0.1) is 0 Å². The van der Waals surface area contributed by atoms with Gasteiger partial charge in [0.25, 0.3) is 0 Å². The molecule has 25 heavy (non-hydrogen) atoms. The number of hydrogen-bond acceptors (Lipinski definition) is 5. The average molecular weight is 347 g/mol. The molecule has 2 fully saturated rings. The normalized spacial score (nSPS) is 20.4. The van der Waals surface area contributed by atoms with E-state index in [0.717, 1.165) is 24.1 Å². The molecule has 1 saturated heterocycles. The van der Waals surface area contributed by atoms with Crippen LogP contribution < -0.4 is 16.3 Å². The number of carbonyl (C=O) groups excluding carboxylic acids is 2. The van der Waals surface area contributed by atoms with Crippen molar-refractivity contribution in [2.24, 2.45) is 0 Å². The van der Waals surface area contributed by atoms with E-state index < -0.39 is 6.04 Å². The minimum absolute atomic E-state index is 0.0394. The number of H-pyrrole nitrogens is 1. The predicted octanol–water partition coefficient (Wildman–Crippen LogP) is -0.602. The fourth-order valence-corrected chi connectivity index (χ4v) is 3.26. The predicted molar refractivity (Wildman–Crippen MR) is 92.2 cm³/mol. The molecule has 0 aromatic carbocycles. The number of amides is 2. The van der Waals surface area contributed by atoms with Gasteiger partial charge in [0.1, 0.15) is 6.04 Å². The van der Waals surface area contributed by atoms with Gasteiger partial charge in [-0.15, -0.1) is 0 Å². The van der Waals surface area contributed by atoms with Gasteiger partial charge in [-0.3, -0.25) is 9.59 Å². The highest BCUT2D eigenvalue weighted by Gasteiger charge is 2.34. The summed E-state index contributed by atoms with van der Waals surface area (Å²) < 4.78 is 0. The highest BCUT2D eigenvalue weighted by atomic mass is 16.2. The third kappa shape index (κ3) is 4.25. The number of aromatic nitrogens is 2. The van der Waals surface area contributed by atoms with Crippen molar-refractivity contribution in [1.82, 2.24) is 25.5 Å². The molecule has 2 aliphatic rings. The molecule has 0 radical (unpaired) electrons. The molecular weight excluding hydrogens is 322 g/mol. The second-order valence-corrected chi connectivity index (χ2v) is 6.82. The van der Waals surface area contributed by atoms with Gasteiger partial charge < -0.3 is 20.5 Å². The maximum absolute atomic E-state index is 12.7. The number of carbonyl (C=O) groups is 2. The Labute approximate surface area is 146 Å². The van der Waals surface area contributed by atoms with Crippen molar-refractivity contribution in [2.75, 3.05) is 19.6 Å². The second kappa shape index (κ2) is 7.35. The molecule has 2 heterocycles. The van der Waals surface area contributed by atoms with Gasteiger partial charge in [-0.25, -0.2) is 4.79 Å². The van der Waals surface area contributed by atoms with Crippen LogP contribution in [-0.2, 0) is 16.0 Å². The summed E-state index contributed by atoms with van der Waals surface area (Å²) in [4.78, 5) is 44.7. The van der Waals surface area contributed by atoms with Crippen molar-refractivity contribution in [3.05, 3.63) is 27.4 Å².